The number of aliphatic hydroxyl groups is 1. The van der Waals surface area contributed by atoms with Gasteiger partial charge in [0.05, 0.1) is 11.0 Å². The van der Waals surface area contributed by atoms with Gasteiger partial charge in [0.2, 0.25) is 0 Å². The SMILES string of the molecule is Cc1ccc(S(=O)(=O)Nc2cccc(C(=O)N3CCC(C(O)c4ccccc4)CC3)c2)cc1F. The molecule has 0 saturated carbocycles. The highest BCUT2D eigenvalue weighted by Gasteiger charge is 2.29. The van der Waals surface area contributed by atoms with Crippen molar-refractivity contribution in [3.05, 3.63) is 95.3 Å². The van der Waals surface area contributed by atoms with Crippen LogP contribution < -0.4 is 4.72 Å². The second-order valence-electron chi connectivity index (χ2n) is 8.58. The van der Waals surface area contributed by atoms with E-state index in [1.807, 2.05) is 30.3 Å². The fraction of sp³-hybridized carbons (Fsp3) is 0.269. The summed E-state index contributed by atoms with van der Waals surface area (Å²) in [6.45, 7) is 2.57. The lowest BCUT2D eigenvalue weighted by atomic mass is 9.87. The van der Waals surface area contributed by atoms with Crippen molar-refractivity contribution in [1.82, 2.24) is 4.90 Å². The minimum absolute atomic E-state index is 0.0690. The zero-order chi connectivity index (χ0) is 24.3. The maximum atomic E-state index is 13.8. The van der Waals surface area contributed by atoms with E-state index in [0.717, 1.165) is 11.6 Å². The third-order valence-corrected chi connectivity index (χ3v) is 7.61. The molecule has 1 atom stereocenters. The molecule has 34 heavy (non-hydrogen) atoms. The lowest BCUT2D eigenvalue weighted by Gasteiger charge is -2.34. The summed E-state index contributed by atoms with van der Waals surface area (Å²) in [5.41, 5.74) is 1.81. The van der Waals surface area contributed by atoms with Crippen LogP contribution in [0.5, 0.6) is 0 Å². The van der Waals surface area contributed by atoms with E-state index in [9.17, 15) is 22.7 Å². The molecule has 8 heteroatoms. The van der Waals surface area contributed by atoms with Gasteiger partial charge in [0.15, 0.2) is 0 Å². The lowest BCUT2D eigenvalue weighted by molar-refractivity contribution is 0.0462. The van der Waals surface area contributed by atoms with Crippen LogP contribution in [0.2, 0.25) is 0 Å². The minimum Gasteiger partial charge on any atom is -0.388 e. The summed E-state index contributed by atoms with van der Waals surface area (Å²) in [4.78, 5) is 14.6. The Hall–Kier alpha value is -3.23. The van der Waals surface area contributed by atoms with Crippen molar-refractivity contribution in [3.63, 3.8) is 0 Å². The number of carbonyl (C=O) groups excluding carboxylic acids is 1. The number of anilines is 1. The summed E-state index contributed by atoms with van der Waals surface area (Å²) < 4.78 is 41.6. The van der Waals surface area contributed by atoms with Gasteiger partial charge in [-0.15, -0.1) is 0 Å². The normalized spacial score (nSPS) is 15.7. The largest absolute Gasteiger partial charge is 0.388 e. The third kappa shape index (κ3) is 5.29. The van der Waals surface area contributed by atoms with Crippen LogP contribution in [0, 0.1) is 18.7 Å². The van der Waals surface area contributed by atoms with Gasteiger partial charge in [-0.2, -0.15) is 0 Å². The first kappa shape index (κ1) is 23.9. The quantitative estimate of drug-likeness (QED) is 0.541. The Balaban J connectivity index is 1.42. The Labute approximate surface area is 199 Å². The topological polar surface area (TPSA) is 86.7 Å². The number of rotatable bonds is 6. The molecule has 1 aliphatic rings. The average Bonchev–Trinajstić information content (AvgIpc) is 2.85. The van der Waals surface area contributed by atoms with Crippen molar-refractivity contribution < 1.29 is 22.7 Å². The molecule has 0 aromatic heterocycles. The van der Waals surface area contributed by atoms with Crippen LogP contribution in [0.15, 0.2) is 77.7 Å². The van der Waals surface area contributed by atoms with Crippen LogP contribution in [0.3, 0.4) is 0 Å². The molecule has 0 radical (unpaired) electrons. The number of piperidine rings is 1. The van der Waals surface area contributed by atoms with E-state index in [1.165, 1.54) is 18.2 Å². The first-order valence-electron chi connectivity index (χ1n) is 11.2. The van der Waals surface area contributed by atoms with Crippen molar-refractivity contribution in [1.29, 1.82) is 0 Å². The Morgan fingerprint density at radius 2 is 1.74 bits per heavy atom. The number of likely N-dealkylation sites (tertiary alicyclic amines) is 1. The Morgan fingerprint density at radius 3 is 2.41 bits per heavy atom. The summed E-state index contributed by atoms with van der Waals surface area (Å²) in [7, 11) is -4.01. The van der Waals surface area contributed by atoms with Crippen molar-refractivity contribution in [3.8, 4) is 0 Å². The number of aliphatic hydroxyl groups excluding tert-OH is 1. The van der Waals surface area contributed by atoms with Crippen LogP contribution in [0.25, 0.3) is 0 Å². The van der Waals surface area contributed by atoms with Gasteiger partial charge in [0.25, 0.3) is 15.9 Å². The van der Waals surface area contributed by atoms with E-state index in [2.05, 4.69) is 4.72 Å². The average molecular weight is 483 g/mol. The molecular formula is C26H27FN2O4S. The number of nitrogens with one attached hydrogen (secondary N) is 1. The number of amides is 1. The predicted octanol–water partition coefficient (Wildman–Crippen LogP) is 4.52. The number of benzene rings is 3. The number of hydrogen-bond donors (Lipinski definition) is 2. The molecule has 6 nitrogen and oxygen atoms in total. The number of hydrogen-bond acceptors (Lipinski definition) is 4. The fourth-order valence-corrected chi connectivity index (χ4v) is 5.25. The first-order chi connectivity index (χ1) is 16.2. The molecule has 0 bridgehead atoms. The molecule has 0 aliphatic carbocycles. The number of nitrogens with zero attached hydrogens (tertiary/aromatic N) is 1. The Kier molecular flexibility index (Phi) is 7.00. The summed E-state index contributed by atoms with van der Waals surface area (Å²) in [5, 5.41) is 10.7. The van der Waals surface area contributed by atoms with Crippen LogP contribution in [-0.4, -0.2) is 37.4 Å². The molecule has 3 aromatic carbocycles. The number of halogens is 1. The van der Waals surface area contributed by atoms with Gasteiger partial charge in [0, 0.05) is 24.3 Å². The van der Waals surface area contributed by atoms with Gasteiger partial charge in [0.1, 0.15) is 5.82 Å². The maximum absolute atomic E-state index is 13.8. The van der Waals surface area contributed by atoms with Crippen LogP contribution in [0.4, 0.5) is 10.1 Å². The van der Waals surface area contributed by atoms with Gasteiger partial charge in [-0.05, 0) is 67.1 Å². The summed E-state index contributed by atoms with van der Waals surface area (Å²) in [6.07, 6.45) is 0.781. The monoisotopic (exact) mass is 482 g/mol. The van der Waals surface area contributed by atoms with Crippen LogP contribution in [-0.2, 0) is 10.0 Å². The number of aryl methyl sites for hydroxylation is 1. The van der Waals surface area contributed by atoms with E-state index in [4.69, 9.17) is 0 Å². The molecule has 2 N–H and O–H groups in total. The zero-order valence-electron chi connectivity index (χ0n) is 18.8. The molecule has 1 unspecified atom stereocenters. The zero-order valence-corrected chi connectivity index (χ0v) is 19.6. The highest BCUT2D eigenvalue weighted by Crippen LogP contribution is 2.31. The van der Waals surface area contributed by atoms with E-state index < -0.39 is 21.9 Å². The molecule has 1 fully saturated rings. The van der Waals surface area contributed by atoms with Gasteiger partial charge in [-0.25, -0.2) is 12.8 Å². The van der Waals surface area contributed by atoms with E-state index >= 15 is 0 Å². The lowest BCUT2D eigenvalue weighted by Crippen LogP contribution is -2.39. The molecule has 1 aliphatic heterocycles. The second kappa shape index (κ2) is 9.95. The summed E-state index contributed by atoms with van der Waals surface area (Å²) in [5.74, 6) is -0.734. The first-order valence-corrected chi connectivity index (χ1v) is 12.6. The van der Waals surface area contributed by atoms with Gasteiger partial charge >= 0.3 is 0 Å². The highest BCUT2D eigenvalue weighted by atomic mass is 32.2. The predicted molar refractivity (Wildman–Crippen MR) is 128 cm³/mol. The molecular weight excluding hydrogens is 455 g/mol. The van der Waals surface area contributed by atoms with Gasteiger partial charge < -0.3 is 10.0 Å². The van der Waals surface area contributed by atoms with E-state index in [1.54, 1.807) is 30.0 Å². The summed E-state index contributed by atoms with van der Waals surface area (Å²) in [6, 6.07) is 19.5. The van der Waals surface area contributed by atoms with Crippen LogP contribution >= 0.6 is 0 Å². The Bertz CT molecular complexity index is 1270. The van der Waals surface area contributed by atoms with Gasteiger partial charge in [-0.1, -0.05) is 42.5 Å². The fourth-order valence-electron chi connectivity index (χ4n) is 4.19. The number of sulfonamides is 1. The van der Waals surface area contributed by atoms with Crippen molar-refractivity contribution in [2.75, 3.05) is 17.8 Å². The smallest absolute Gasteiger partial charge is 0.261 e. The molecule has 178 valence electrons. The highest BCUT2D eigenvalue weighted by molar-refractivity contribution is 7.92. The minimum atomic E-state index is -4.01. The molecule has 1 saturated heterocycles. The third-order valence-electron chi connectivity index (χ3n) is 6.23. The van der Waals surface area contributed by atoms with Crippen molar-refractivity contribution >= 4 is 21.6 Å². The summed E-state index contributed by atoms with van der Waals surface area (Å²) >= 11 is 0. The van der Waals surface area contributed by atoms with E-state index in [-0.39, 0.29) is 22.4 Å². The molecule has 1 amide bonds. The van der Waals surface area contributed by atoms with Gasteiger partial charge in [-0.3, -0.25) is 9.52 Å². The maximum Gasteiger partial charge on any atom is 0.261 e. The number of carbonyl (C=O) groups is 1. The second-order valence-corrected chi connectivity index (χ2v) is 10.3. The molecule has 1 heterocycles. The molecule has 0 spiro atoms. The van der Waals surface area contributed by atoms with Crippen molar-refractivity contribution in [2.24, 2.45) is 5.92 Å². The van der Waals surface area contributed by atoms with Crippen molar-refractivity contribution in [2.45, 2.75) is 30.8 Å². The van der Waals surface area contributed by atoms with Crippen LogP contribution in [0.1, 0.15) is 40.4 Å². The molecule has 4 rings (SSSR count). The van der Waals surface area contributed by atoms with E-state index in [0.29, 0.717) is 37.1 Å². The molecule has 3 aromatic rings. The standard InChI is InChI=1S/C26H27FN2O4S/c1-18-10-11-23(17-24(18)27)34(32,33)28-22-9-5-8-21(16-22)26(31)29-14-12-20(13-15-29)25(30)19-6-3-2-4-7-19/h2-11,16-17,20,25,28,30H,12-15H2,1H3. The Morgan fingerprint density at radius 1 is 1.03 bits per heavy atom.